The van der Waals surface area contributed by atoms with Gasteiger partial charge in [0.05, 0.1) is 5.01 Å². The molecule has 1 N–H and O–H groups in total. The van der Waals surface area contributed by atoms with Gasteiger partial charge in [-0.3, -0.25) is 0 Å². The summed E-state index contributed by atoms with van der Waals surface area (Å²) in [6.45, 7) is 9.88. The zero-order valence-electron chi connectivity index (χ0n) is 10.9. The number of thiazole rings is 1. The Morgan fingerprint density at radius 2 is 1.94 bits per heavy atom. The largest absolute Gasteiger partial charge is 0.309 e. The molecule has 2 nitrogen and oxygen atoms in total. The van der Waals surface area contributed by atoms with E-state index in [1.165, 1.54) is 29.1 Å². The maximum absolute atomic E-state index is 4.54. The summed E-state index contributed by atoms with van der Waals surface area (Å²) in [6.07, 6.45) is 5.61. The summed E-state index contributed by atoms with van der Waals surface area (Å²) < 4.78 is 0. The normalized spacial score (nSPS) is 13.3. The van der Waals surface area contributed by atoms with Crippen molar-refractivity contribution < 1.29 is 0 Å². The highest BCUT2D eigenvalue weighted by molar-refractivity contribution is 7.11. The Morgan fingerprint density at radius 3 is 2.50 bits per heavy atom. The minimum absolute atomic E-state index is 0.596. The minimum atomic E-state index is 0.596. The Kier molecular flexibility index (Phi) is 5.99. The van der Waals surface area contributed by atoms with Crippen LogP contribution in [0.15, 0.2) is 6.20 Å². The van der Waals surface area contributed by atoms with Crippen LogP contribution in [0.3, 0.4) is 0 Å². The second-order valence-corrected chi connectivity index (χ2v) is 5.52. The molecule has 0 radical (unpaired) electrons. The van der Waals surface area contributed by atoms with Crippen LogP contribution in [0.5, 0.6) is 0 Å². The first-order valence-electron chi connectivity index (χ1n) is 6.39. The van der Waals surface area contributed by atoms with Gasteiger partial charge in [0, 0.05) is 29.6 Å². The van der Waals surface area contributed by atoms with Crippen LogP contribution in [0.4, 0.5) is 0 Å². The summed E-state index contributed by atoms with van der Waals surface area (Å²) in [5.74, 6) is 0.655. The summed E-state index contributed by atoms with van der Waals surface area (Å²) in [5.41, 5.74) is 0. The molecule has 0 bridgehead atoms. The van der Waals surface area contributed by atoms with Crippen LogP contribution in [-0.2, 0) is 6.54 Å². The summed E-state index contributed by atoms with van der Waals surface area (Å²) in [4.78, 5) is 5.90. The Morgan fingerprint density at radius 1 is 1.25 bits per heavy atom. The quantitative estimate of drug-likeness (QED) is 0.781. The summed E-state index contributed by atoms with van der Waals surface area (Å²) in [6, 6.07) is 0.596. The maximum Gasteiger partial charge on any atom is 0.0958 e. The van der Waals surface area contributed by atoms with Crippen molar-refractivity contribution in [2.75, 3.05) is 0 Å². The summed E-state index contributed by atoms with van der Waals surface area (Å²) >= 11 is 1.87. The molecule has 0 fully saturated rings. The average molecular weight is 240 g/mol. The first-order chi connectivity index (χ1) is 7.71. The molecule has 1 aromatic heterocycles. The number of hydrogen-bond donors (Lipinski definition) is 1. The van der Waals surface area contributed by atoms with Gasteiger partial charge in [-0.1, -0.05) is 20.8 Å². The van der Waals surface area contributed by atoms with Gasteiger partial charge in [-0.05, 0) is 26.2 Å². The number of hydrogen-bond acceptors (Lipinski definition) is 3. The van der Waals surface area contributed by atoms with E-state index in [4.69, 9.17) is 0 Å². The van der Waals surface area contributed by atoms with Crippen LogP contribution in [-0.4, -0.2) is 11.0 Å². The fourth-order valence-electron chi connectivity index (χ4n) is 1.65. The predicted octanol–water partition coefficient (Wildman–Crippen LogP) is 3.93. The third-order valence-electron chi connectivity index (χ3n) is 3.14. The summed E-state index contributed by atoms with van der Waals surface area (Å²) in [5, 5.41) is 4.82. The molecular weight excluding hydrogens is 216 g/mol. The van der Waals surface area contributed by atoms with E-state index in [1.54, 1.807) is 0 Å². The maximum atomic E-state index is 4.54. The molecule has 1 aromatic rings. The molecule has 1 rings (SSSR count). The molecule has 0 aromatic carbocycles. The van der Waals surface area contributed by atoms with Gasteiger partial charge in [-0.25, -0.2) is 4.98 Å². The van der Waals surface area contributed by atoms with Crippen molar-refractivity contribution in [3.05, 3.63) is 16.1 Å². The van der Waals surface area contributed by atoms with Crippen molar-refractivity contribution in [3.63, 3.8) is 0 Å². The molecule has 0 aliphatic rings. The topological polar surface area (TPSA) is 24.9 Å². The lowest BCUT2D eigenvalue weighted by Crippen LogP contribution is -2.23. The standard InChI is InChI=1S/C13H24N2S/c1-5-10(4)14-8-12-9-15-13(16-12)11(6-2)7-3/h9-11,14H,5-8H2,1-4H3. The molecule has 0 aliphatic heterocycles. The zero-order chi connectivity index (χ0) is 12.0. The molecule has 0 aliphatic carbocycles. The molecule has 0 spiro atoms. The van der Waals surface area contributed by atoms with Crippen LogP contribution in [0.2, 0.25) is 0 Å². The second-order valence-electron chi connectivity index (χ2n) is 4.37. The lowest BCUT2D eigenvalue weighted by atomic mass is 10.1. The van der Waals surface area contributed by atoms with E-state index < -0.39 is 0 Å². The molecule has 1 heterocycles. The van der Waals surface area contributed by atoms with Crippen molar-refractivity contribution in [1.29, 1.82) is 0 Å². The van der Waals surface area contributed by atoms with E-state index in [-0.39, 0.29) is 0 Å². The molecular formula is C13H24N2S. The first-order valence-corrected chi connectivity index (χ1v) is 7.20. The number of nitrogens with one attached hydrogen (secondary N) is 1. The highest BCUT2D eigenvalue weighted by atomic mass is 32.1. The fraction of sp³-hybridized carbons (Fsp3) is 0.769. The Balaban J connectivity index is 2.51. The van der Waals surface area contributed by atoms with Crippen molar-refractivity contribution in [2.45, 2.75) is 65.5 Å². The van der Waals surface area contributed by atoms with Crippen LogP contribution >= 0.6 is 11.3 Å². The zero-order valence-corrected chi connectivity index (χ0v) is 11.7. The van der Waals surface area contributed by atoms with E-state index >= 15 is 0 Å². The predicted molar refractivity (Wildman–Crippen MR) is 72.0 cm³/mol. The van der Waals surface area contributed by atoms with Crippen molar-refractivity contribution in [2.24, 2.45) is 0 Å². The van der Waals surface area contributed by atoms with E-state index in [0.717, 1.165) is 6.54 Å². The Labute approximate surface area is 103 Å². The highest BCUT2D eigenvalue weighted by Gasteiger charge is 2.11. The average Bonchev–Trinajstić information content (AvgIpc) is 2.76. The van der Waals surface area contributed by atoms with Crippen LogP contribution in [0, 0.1) is 0 Å². The fourth-order valence-corrected chi connectivity index (χ4v) is 2.79. The number of rotatable bonds is 7. The third kappa shape index (κ3) is 3.87. The lowest BCUT2D eigenvalue weighted by Gasteiger charge is -2.09. The van der Waals surface area contributed by atoms with Gasteiger partial charge in [0.1, 0.15) is 0 Å². The molecule has 16 heavy (non-hydrogen) atoms. The second kappa shape index (κ2) is 7.02. The minimum Gasteiger partial charge on any atom is -0.309 e. The van der Waals surface area contributed by atoms with Gasteiger partial charge < -0.3 is 5.32 Å². The molecule has 0 saturated heterocycles. The monoisotopic (exact) mass is 240 g/mol. The Hall–Kier alpha value is -0.410. The molecule has 92 valence electrons. The van der Waals surface area contributed by atoms with Crippen LogP contribution in [0.1, 0.15) is 62.8 Å². The Bertz CT molecular complexity index is 292. The molecule has 0 saturated carbocycles. The van der Waals surface area contributed by atoms with Gasteiger partial charge in [0.25, 0.3) is 0 Å². The van der Waals surface area contributed by atoms with E-state index in [9.17, 15) is 0 Å². The van der Waals surface area contributed by atoms with Gasteiger partial charge in [-0.15, -0.1) is 11.3 Å². The van der Waals surface area contributed by atoms with Crippen molar-refractivity contribution in [3.8, 4) is 0 Å². The van der Waals surface area contributed by atoms with Crippen molar-refractivity contribution in [1.82, 2.24) is 10.3 Å². The number of nitrogens with zero attached hydrogens (tertiary/aromatic N) is 1. The SMILES string of the molecule is CCC(C)NCc1cnc(C(CC)CC)s1. The van der Waals surface area contributed by atoms with Gasteiger partial charge in [0.15, 0.2) is 0 Å². The molecule has 3 heteroatoms. The van der Waals surface area contributed by atoms with Crippen molar-refractivity contribution >= 4 is 11.3 Å². The van der Waals surface area contributed by atoms with E-state index in [1.807, 2.05) is 17.5 Å². The van der Waals surface area contributed by atoms with Gasteiger partial charge in [0.2, 0.25) is 0 Å². The smallest absolute Gasteiger partial charge is 0.0958 e. The highest BCUT2D eigenvalue weighted by Crippen LogP contribution is 2.27. The van der Waals surface area contributed by atoms with Crippen LogP contribution < -0.4 is 5.32 Å². The van der Waals surface area contributed by atoms with E-state index in [2.05, 4.69) is 38.0 Å². The summed E-state index contributed by atoms with van der Waals surface area (Å²) in [7, 11) is 0. The van der Waals surface area contributed by atoms with E-state index in [0.29, 0.717) is 12.0 Å². The van der Waals surface area contributed by atoms with Gasteiger partial charge >= 0.3 is 0 Å². The lowest BCUT2D eigenvalue weighted by molar-refractivity contribution is 0.537. The van der Waals surface area contributed by atoms with Crippen LogP contribution in [0.25, 0.3) is 0 Å². The first kappa shape index (κ1) is 13.7. The third-order valence-corrected chi connectivity index (χ3v) is 4.30. The number of aromatic nitrogens is 1. The molecule has 1 atom stereocenters. The molecule has 0 amide bonds. The molecule has 1 unspecified atom stereocenters. The van der Waals surface area contributed by atoms with Gasteiger partial charge in [-0.2, -0.15) is 0 Å².